The number of hydrogen-bond donors (Lipinski definition) is 0. The van der Waals surface area contributed by atoms with E-state index in [4.69, 9.17) is 4.98 Å². The van der Waals surface area contributed by atoms with E-state index in [0.29, 0.717) is 5.92 Å². The van der Waals surface area contributed by atoms with Crippen molar-refractivity contribution in [1.82, 2.24) is 19.4 Å². The number of likely N-dealkylation sites (tertiary alicyclic amines) is 1. The van der Waals surface area contributed by atoms with Crippen molar-refractivity contribution < 1.29 is 4.39 Å². The Kier molecular flexibility index (Phi) is 6.27. The number of nitrogens with zero attached hydrogens (tertiary/aromatic N) is 4. The number of halogens is 1. The van der Waals surface area contributed by atoms with Crippen molar-refractivity contribution in [3.8, 4) is 0 Å². The Labute approximate surface area is 187 Å². The van der Waals surface area contributed by atoms with E-state index in [1.54, 1.807) is 12.1 Å². The fourth-order valence-electron chi connectivity index (χ4n) is 4.62. The molecule has 2 aromatic carbocycles. The van der Waals surface area contributed by atoms with Gasteiger partial charge in [-0.05, 0) is 67.1 Å². The smallest absolute Gasteiger partial charge is 0.123 e. The highest BCUT2D eigenvalue weighted by Crippen LogP contribution is 2.25. The van der Waals surface area contributed by atoms with Gasteiger partial charge in [0.25, 0.3) is 0 Å². The van der Waals surface area contributed by atoms with E-state index in [0.717, 1.165) is 54.4 Å². The van der Waals surface area contributed by atoms with Gasteiger partial charge in [-0.25, -0.2) is 9.37 Å². The van der Waals surface area contributed by atoms with Crippen LogP contribution in [-0.4, -0.2) is 51.4 Å². The minimum atomic E-state index is -0.189. The van der Waals surface area contributed by atoms with Crippen LogP contribution in [0.5, 0.6) is 0 Å². The first kappa shape index (κ1) is 20.6. The molecule has 0 aliphatic carbocycles. The summed E-state index contributed by atoms with van der Waals surface area (Å²) in [4.78, 5) is 9.99. The monoisotopic (exact) mass is 436 g/mol. The third kappa shape index (κ3) is 4.96. The number of rotatable bonds is 7. The number of imidazole rings is 1. The highest BCUT2D eigenvalue weighted by atomic mass is 32.2. The van der Waals surface area contributed by atoms with Crippen LogP contribution in [0.3, 0.4) is 0 Å². The lowest BCUT2D eigenvalue weighted by molar-refractivity contribution is 0.172. The molecule has 2 aliphatic heterocycles. The van der Waals surface area contributed by atoms with Gasteiger partial charge in [0, 0.05) is 32.3 Å². The molecular weight excluding hydrogens is 407 g/mol. The Morgan fingerprint density at radius 2 is 1.81 bits per heavy atom. The quantitative estimate of drug-likeness (QED) is 0.523. The summed E-state index contributed by atoms with van der Waals surface area (Å²) in [6.07, 6.45) is 5.67. The third-order valence-electron chi connectivity index (χ3n) is 6.48. The number of para-hydroxylation sites is 2. The van der Waals surface area contributed by atoms with E-state index in [9.17, 15) is 4.39 Å². The summed E-state index contributed by atoms with van der Waals surface area (Å²) in [5.41, 5.74) is 3.32. The number of hydrogen-bond acceptors (Lipinski definition) is 4. The molecule has 0 N–H and O–H groups in total. The van der Waals surface area contributed by atoms with Gasteiger partial charge >= 0.3 is 0 Å². The van der Waals surface area contributed by atoms with Gasteiger partial charge in [0.15, 0.2) is 0 Å². The van der Waals surface area contributed by atoms with E-state index in [1.165, 1.54) is 25.9 Å². The molecule has 5 rings (SSSR count). The van der Waals surface area contributed by atoms with Crippen molar-refractivity contribution in [2.24, 2.45) is 5.92 Å². The zero-order valence-corrected chi connectivity index (χ0v) is 18.6. The van der Waals surface area contributed by atoms with Crippen molar-refractivity contribution >= 4 is 22.8 Å². The Morgan fingerprint density at radius 3 is 2.58 bits per heavy atom. The molecule has 162 valence electrons. The maximum atomic E-state index is 13.4. The minimum absolute atomic E-state index is 0.189. The molecule has 1 fully saturated rings. The zero-order valence-electron chi connectivity index (χ0n) is 17.8. The van der Waals surface area contributed by atoms with E-state index in [2.05, 4.69) is 44.2 Å². The van der Waals surface area contributed by atoms with Crippen molar-refractivity contribution in [3.63, 3.8) is 0 Å². The molecule has 0 bridgehead atoms. The van der Waals surface area contributed by atoms with Crippen LogP contribution in [-0.2, 0) is 13.0 Å². The average molecular weight is 437 g/mol. The SMILES string of the molecule is Fc1ccc(Cn2c(CC3CCN(CCN4C=CSC4)CC3)nc3ccccc32)cc1. The lowest BCUT2D eigenvalue weighted by Crippen LogP contribution is -2.38. The standard InChI is InChI=1S/C25H29FN4S/c26-22-7-5-21(6-8-22)18-30-24-4-2-1-3-23(24)27-25(30)17-20-9-11-28(12-10-20)13-14-29-15-16-31-19-29/h1-8,15-16,20H,9-14,17-19H2. The maximum Gasteiger partial charge on any atom is 0.123 e. The van der Waals surface area contributed by atoms with Crippen molar-refractivity contribution in [2.45, 2.75) is 25.8 Å². The van der Waals surface area contributed by atoms with E-state index < -0.39 is 0 Å². The molecule has 1 aromatic heterocycles. The molecule has 4 nitrogen and oxygen atoms in total. The summed E-state index contributed by atoms with van der Waals surface area (Å²) in [5, 5.41) is 2.18. The molecule has 0 saturated carbocycles. The molecule has 3 heterocycles. The van der Waals surface area contributed by atoms with Crippen LogP contribution in [0.25, 0.3) is 11.0 Å². The molecule has 1 saturated heterocycles. The number of benzene rings is 2. The first-order valence-electron chi connectivity index (χ1n) is 11.2. The van der Waals surface area contributed by atoms with Crippen molar-refractivity contribution in [2.75, 3.05) is 32.1 Å². The molecule has 0 radical (unpaired) electrons. The minimum Gasteiger partial charge on any atom is -0.366 e. The van der Waals surface area contributed by atoms with E-state index in [1.807, 2.05) is 30.0 Å². The van der Waals surface area contributed by atoms with Gasteiger partial charge in [-0.3, -0.25) is 0 Å². The maximum absolute atomic E-state index is 13.4. The van der Waals surface area contributed by atoms with Gasteiger partial charge in [0.2, 0.25) is 0 Å². The molecule has 6 heteroatoms. The van der Waals surface area contributed by atoms with Crippen LogP contribution in [0.1, 0.15) is 24.2 Å². The molecule has 0 amide bonds. The van der Waals surface area contributed by atoms with E-state index >= 15 is 0 Å². The fraction of sp³-hybridized carbons (Fsp3) is 0.400. The second kappa shape index (κ2) is 9.45. The van der Waals surface area contributed by atoms with Crippen molar-refractivity contribution in [1.29, 1.82) is 0 Å². The summed E-state index contributed by atoms with van der Waals surface area (Å²) in [6, 6.07) is 15.2. The highest BCUT2D eigenvalue weighted by Gasteiger charge is 2.22. The second-order valence-corrected chi connectivity index (χ2v) is 9.48. The van der Waals surface area contributed by atoms with Crippen LogP contribution in [0.2, 0.25) is 0 Å². The first-order valence-corrected chi connectivity index (χ1v) is 12.2. The van der Waals surface area contributed by atoms with Crippen LogP contribution in [0.4, 0.5) is 4.39 Å². The Bertz CT molecular complexity index is 1040. The topological polar surface area (TPSA) is 24.3 Å². The Morgan fingerprint density at radius 1 is 1.00 bits per heavy atom. The van der Waals surface area contributed by atoms with Crippen LogP contribution in [0.15, 0.2) is 60.1 Å². The predicted octanol–water partition coefficient (Wildman–Crippen LogP) is 4.96. The average Bonchev–Trinajstić information content (AvgIpc) is 3.43. The zero-order chi connectivity index (χ0) is 21.0. The summed E-state index contributed by atoms with van der Waals surface area (Å²) in [5.74, 6) is 2.73. The van der Waals surface area contributed by atoms with Crippen molar-refractivity contribution in [3.05, 3.63) is 77.3 Å². The first-order chi connectivity index (χ1) is 15.2. The predicted molar refractivity (Wildman–Crippen MR) is 126 cm³/mol. The van der Waals surface area contributed by atoms with Crippen LogP contribution in [0, 0.1) is 11.7 Å². The van der Waals surface area contributed by atoms with Gasteiger partial charge in [0.05, 0.1) is 16.9 Å². The van der Waals surface area contributed by atoms with Gasteiger partial charge in [-0.1, -0.05) is 24.3 Å². The Hall–Kier alpha value is -2.31. The van der Waals surface area contributed by atoms with Gasteiger partial charge in [-0.15, -0.1) is 11.8 Å². The molecule has 3 aromatic rings. The number of thioether (sulfide) groups is 1. The number of fused-ring (bicyclic) bond motifs is 1. The molecule has 0 spiro atoms. The normalized spacial score (nSPS) is 17.8. The second-order valence-electron chi connectivity index (χ2n) is 8.61. The highest BCUT2D eigenvalue weighted by molar-refractivity contribution is 8.02. The fourth-order valence-corrected chi connectivity index (χ4v) is 5.37. The van der Waals surface area contributed by atoms with Crippen LogP contribution >= 0.6 is 11.8 Å². The Balaban J connectivity index is 1.25. The van der Waals surface area contributed by atoms with Crippen LogP contribution < -0.4 is 0 Å². The summed E-state index contributed by atoms with van der Waals surface area (Å²) < 4.78 is 15.7. The number of aromatic nitrogens is 2. The molecule has 2 aliphatic rings. The van der Waals surface area contributed by atoms with E-state index in [-0.39, 0.29) is 5.82 Å². The third-order valence-corrected chi connectivity index (χ3v) is 7.27. The number of piperidine rings is 1. The van der Waals surface area contributed by atoms with Gasteiger partial charge < -0.3 is 14.4 Å². The lowest BCUT2D eigenvalue weighted by atomic mass is 9.93. The van der Waals surface area contributed by atoms with Gasteiger partial charge in [-0.2, -0.15) is 0 Å². The molecule has 31 heavy (non-hydrogen) atoms. The largest absolute Gasteiger partial charge is 0.366 e. The summed E-state index contributed by atoms with van der Waals surface area (Å²) in [6.45, 7) is 5.36. The summed E-state index contributed by atoms with van der Waals surface area (Å²) in [7, 11) is 0. The lowest BCUT2D eigenvalue weighted by Gasteiger charge is -2.33. The summed E-state index contributed by atoms with van der Waals surface area (Å²) >= 11 is 1.87. The molecular formula is C25H29FN4S. The molecule has 0 atom stereocenters. The molecule has 0 unspecified atom stereocenters. The van der Waals surface area contributed by atoms with Gasteiger partial charge in [0.1, 0.15) is 11.6 Å².